The molecule has 0 radical (unpaired) electrons. The number of nitrogens with zero attached hydrogens (tertiary/aromatic N) is 4. The molecule has 0 N–H and O–H groups in total. The highest BCUT2D eigenvalue weighted by Crippen LogP contribution is 2.41. The van der Waals surface area contributed by atoms with Gasteiger partial charge in [-0.15, -0.1) is 0 Å². The van der Waals surface area contributed by atoms with Gasteiger partial charge in [-0.25, -0.2) is 4.99 Å². The van der Waals surface area contributed by atoms with Crippen molar-refractivity contribution < 1.29 is 17.9 Å². The molecule has 172 valence electrons. The fourth-order valence-electron chi connectivity index (χ4n) is 2.71. The Hall–Kier alpha value is -3.09. The second-order valence-electron chi connectivity index (χ2n) is 7.56. The summed E-state index contributed by atoms with van der Waals surface area (Å²) in [6, 6.07) is 10.2. The average molecular weight is 493 g/mol. The minimum Gasteiger partial charge on any atom is -0.442 e. The van der Waals surface area contributed by atoms with Crippen LogP contribution in [0.25, 0.3) is 11.3 Å². The Labute approximate surface area is 198 Å². The van der Waals surface area contributed by atoms with Crippen LogP contribution in [-0.4, -0.2) is 28.7 Å². The predicted molar refractivity (Wildman–Crippen MR) is 125 cm³/mol. The summed E-state index contributed by atoms with van der Waals surface area (Å²) in [5.74, 6) is 0.324. The number of hydrogen-bond acceptors (Lipinski definition) is 5. The van der Waals surface area contributed by atoms with Crippen LogP contribution in [0, 0.1) is 18.3 Å². The number of aromatic nitrogens is 1. The third-order valence-corrected chi connectivity index (χ3v) is 5.93. The first-order valence-corrected chi connectivity index (χ1v) is 11.0. The van der Waals surface area contributed by atoms with Gasteiger partial charge in [-0.05, 0) is 50.6 Å². The van der Waals surface area contributed by atoms with Crippen molar-refractivity contribution in [3.05, 3.63) is 58.1 Å². The Morgan fingerprint density at radius 1 is 1.24 bits per heavy atom. The summed E-state index contributed by atoms with van der Waals surface area (Å²) < 4.78 is 48.6. The van der Waals surface area contributed by atoms with Gasteiger partial charge in [0.1, 0.15) is 23.1 Å². The van der Waals surface area contributed by atoms with Crippen molar-refractivity contribution in [2.75, 3.05) is 7.05 Å². The van der Waals surface area contributed by atoms with Gasteiger partial charge in [-0.2, -0.15) is 22.8 Å². The Bertz CT molecular complexity index is 1210. The minimum absolute atomic E-state index is 0.120. The molecule has 33 heavy (non-hydrogen) atoms. The summed E-state index contributed by atoms with van der Waals surface area (Å²) >= 11 is 7.32. The summed E-state index contributed by atoms with van der Waals surface area (Å²) in [5, 5.41) is 10.1. The highest BCUT2D eigenvalue weighted by atomic mass is 35.5. The van der Waals surface area contributed by atoms with Crippen molar-refractivity contribution >= 4 is 35.2 Å². The fourth-order valence-corrected chi connectivity index (χ4v) is 3.63. The largest absolute Gasteiger partial charge is 0.442 e. The lowest BCUT2D eigenvalue weighted by Crippen LogP contribution is -2.24. The van der Waals surface area contributed by atoms with Crippen LogP contribution in [-0.2, 0) is 6.18 Å². The molecule has 0 aliphatic heterocycles. The van der Waals surface area contributed by atoms with E-state index in [9.17, 15) is 18.4 Å². The van der Waals surface area contributed by atoms with Gasteiger partial charge in [0, 0.05) is 30.2 Å². The fraction of sp³-hybridized carbons (Fsp3) is 0.261. The maximum absolute atomic E-state index is 12.8. The average Bonchev–Trinajstić information content (AvgIpc) is 3.16. The van der Waals surface area contributed by atoms with E-state index in [1.54, 1.807) is 18.5 Å². The van der Waals surface area contributed by atoms with Gasteiger partial charge >= 0.3 is 6.18 Å². The Balaban J connectivity index is 1.88. The number of ether oxygens (including phenoxy) is 1. The molecule has 0 unspecified atom stereocenters. The highest BCUT2D eigenvalue weighted by molar-refractivity contribution is 7.08. The number of alkyl halides is 3. The first kappa shape index (κ1) is 24.6. The molecule has 3 aromatic rings. The van der Waals surface area contributed by atoms with Crippen LogP contribution in [0.2, 0.25) is 5.02 Å². The van der Waals surface area contributed by atoms with Crippen molar-refractivity contribution in [1.29, 1.82) is 5.26 Å². The molecule has 0 atom stereocenters. The van der Waals surface area contributed by atoms with Crippen LogP contribution in [0.4, 0.5) is 18.9 Å². The molecule has 1 aromatic heterocycles. The van der Waals surface area contributed by atoms with Crippen LogP contribution in [0.15, 0.2) is 41.4 Å². The summed E-state index contributed by atoms with van der Waals surface area (Å²) in [4.78, 5) is 6.41. The molecule has 5 nitrogen and oxygen atoms in total. The van der Waals surface area contributed by atoms with Crippen molar-refractivity contribution in [3.63, 3.8) is 0 Å². The molecule has 3 rings (SSSR count). The lowest BCUT2D eigenvalue weighted by molar-refractivity contribution is -0.137. The van der Waals surface area contributed by atoms with Gasteiger partial charge in [0.25, 0.3) is 0 Å². The van der Waals surface area contributed by atoms with E-state index in [2.05, 4.69) is 9.37 Å². The van der Waals surface area contributed by atoms with E-state index < -0.39 is 11.7 Å². The van der Waals surface area contributed by atoms with Gasteiger partial charge in [0.2, 0.25) is 5.06 Å². The summed E-state index contributed by atoms with van der Waals surface area (Å²) in [7, 11) is 1.92. The molecular formula is C23H20ClF3N4OS. The highest BCUT2D eigenvalue weighted by Gasteiger charge is 2.30. The van der Waals surface area contributed by atoms with E-state index in [1.165, 1.54) is 12.1 Å². The molecule has 0 saturated carbocycles. The molecule has 0 aliphatic rings. The quantitative estimate of drug-likeness (QED) is 0.265. The first-order chi connectivity index (χ1) is 15.5. The number of benzene rings is 2. The predicted octanol–water partition coefficient (Wildman–Crippen LogP) is 7.45. The maximum Gasteiger partial charge on any atom is 0.416 e. The van der Waals surface area contributed by atoms with Crippen LogP contribution >= 0.6 is 23.1 Å². The summed E-state index contributed by atoms with van der Waals surface area (Å²) in [6.45, 7) is 5.95. The number of aliphatic imine (C=N–C) groups is 1. The standard InChI is InChI=1S/C23H20ClF3N4OS/c1-13(2)31(4)12-29-19-10-18(24)20(9-14(19)3)32-22-17(11-28)21(30-33-22)15-5-7-16(8-6-15)23(25,26)27/h5-10,12-13H,1-4H3/b29-12-. The van der Waals surface area contributed by atoms with Crippen LogP contribution < -0.4 is 4.74 Å². The third-order valence-electron chi connectivity index (χ3n) is 4.90. The number of hydrogen-bond donors (Lipinski definition) is 0. The van der Waals surface area contributed by atoms with E-state index >= 15 is 0 Å². The zero-order valence-electron chi connectivity index (χ0n) is 18.2. The molecule has 0 fully saturated rings. The second-order valence-corrected chi connectivity index (χ2v) is 8.70. The molecule has 0 amide bonds. The summed E-state index contributed by atoms with van der Waals surface area (Å²) in [6.07, 6.45) is -2.72. The molecular weight excluding hydrogens is 473 g/mol. The smallest absolute Gasteiger partial charge is 0.416 e. The molecule has 1 heterocycles. The van der Waals surface area contributed by atoms with Crippen LogP contribution in [0.1, 0.15) is 30.5 Å². The second kappa shape index (κ2) is 9.81. The van der Waals surface area contributed by atoms with E-state index in [4.69, 9.17) is 16.3 Å². The number of aryl methyl sites for hydroxylation is 1. The molecule has 0 bridgehead atoms. The monoisotopic (exact) mass is 492 g/mol. The van der Waals surface area contributed by atoms with Gasteiger partial charge < -0.3 is 9.64 Å². The normalized spacial score (nSPS) is 11.8. The van der Waals surface area contributed by atoms with Gasteiger partial charge in [0.05, 0.1) is 22.6 Å². The molecule has 2 aromatic carbocycles. The number of nitriles is 1. The first-order valence-electron chi connectivity index (χ1n) is 9.82. The van der Waals surface area contributed by atoms with Crippen LogP contribution in [0.5, 0.6) is 10.8 Å². The summed E-state index contributed by atoms with van der Waals surface area (Å²) in [5.41, 5.74) is 1.46. The van der Waals surface area contributed by atoms with Crippen LogP contribution in [0.3, 0.4) is 0 Å². The molecule has 0 aliphatic carbocycles. The van der Waals surface area contributed by atoms with Crippen molar-refractivity contribution in [3.8, 4) is 28.1 Å². The van der Waals surface area contributed by atoms with Crippen molar-refractivity contribution in [2.24, 2.45) is 4.99 Å². The number of rotatable bonds is 6. The molecule has 0 saturated heterocycles. The van der Waals surface area contributed by atoms with E-state index in [0.29, 0.717) is 28.1 Å². The van der Waals surface area contributed by atoms with Crippen molar-refractivity contribution in [1.82, 2.24) is 9.27 Å². The van der Waals surface area contributed by atoms with E-state index in [1.807, 2.05) is 38.8 Å². The third kappa shape index (κ3) is 5.64. The van der Waals surface area contributed by atoms with Gasteiger partial charge in [0.15, 0.2) is 0 Å². The lowest BCUT2D eigenvalue weighted by Gasteiger charge is -2.17. The van der Waals surface area contributed by atoms with Gasteiger partial charge in [-0.1, -0.05) is 23.7 Å². The lowest BCUT2D eigenvalue weighted by atomic mass is 10.1. The zero-order chi connectivity index (χ0) is 24.3. The van der Waals surface area contributed by atoms with Crippen molar-refractivity contribution in [2.45, 2.75) is 33.0 Å². The Morgan fingerprint density at radius 2 is 1.91 bits per heavy atom. The van der Waals surface area contributed by atoms with Gasteiger partial charge in [-0.3, -0.25) is 0 Å². The van der Waals surface area contributed by atoms with E-state index in [0.717, 1.165) is 29.2 Å². The molecule has 10 heteroatoms. The topological polar surface area (TPSA) is 61.5 Å². The zero-order valence-corrected chi connectivity index (χ0v) is 19.8. The number of halogens is 4. The van der Waals surface area contributed by atoms with E-state index in [-0.39, 0.29) is 16.3 Å². The Kier molecular flexibility index (Phi) is 7.30. The SMILES string of the molecule is Cc1cc(Oc2snc(-c3ccc(C(F)(F)F)cc3)c2C#N)c(Cl)cc1/N=C\N(C)C(C)C. The minimum atomic E-state index is -4.44. The Morgan fingerprint density at radius 3 is 2.48 bits per heavy atom. The maximum atomic E-state index is 12.8. The molecule has 0 spiro atoms.